The molecule has 1 saturated carbocycles. The zero-order valence-electron chi connectivity index (χ0n) is 11.1. The molecule has 4 heteroatoms. The summed E-state index contributed by atoms with van der Waals surface area (Å²) < 4.78 is 0. The van der Waals surface area contributed by atoms with Gasteiger partial charge in [0, 0.05) is 31.6 Å². The quantitative estimate of drug-likeness (QED) is 0.865. The summed E-state index contributed by atoms with van der Waals surface area (Å²) in [5, 5.41) is 12.3. The Labute approximate surface area is 109 Å². The number of rotatable bonds is 2. The fraction of sp³-hybridized carbons (Fsp3) is 0.714. The molecular formula is C14H22N4. The van der Waals surface area contributed by atoms with Crippen LogP contribution in [-0.4, -0.2) is 35.9 Å². The van der Waals surface area contributed by atoms with E-state index in [2.05, 4.69) is 39.5 Å². The Hall–Kier alpha value is -1.16. The topological polar surface area (TPSA) is 41.1 Å². The van der Waals surface area contributed by atoms with Crippen molar-refractivity contribution in [3.05, 3.63) is 17.8 Å². The SMILES string of the molecule is CC1CN(c2ccc(C3CCCC3)nn2)CCN1. The normalized spacial score (nSPS) is 25.6. The summed E-state index contributed by atoms with van der Waals surface area (Å²) in [5.74, 6) is 1.69. The summed E-state index contributed by atoms with van der Waals surface area (Å²) in [4.78, 5) is 2.33. The van der Waals surface area contributed by atoms with Gasteiger partial charge in [-0.2, -0.15) is 5.10 Å². The lowest BCUT2D eigenvalue weighted by Gasteiger charge is -2.32. The summed E-state index contributed by atoms with van der Waals surface area (Å²) in [6, 6.07) is 4.87. The monoisotopic (exact) mass is 246 g/mol. The van der Waals surface area contributed by atoms with Crippen molar-refractivity contribution in [3.63, 3.8) is 0 Å². The second-order valence-electron chi connectivity index (χ2n) is 5.60. The molecule has 1 unspecified atom stereocenters. The van der Waals surface area contributed by atoms with Gasteiger partial charge in [-0.1, -0.05) is 12.8 Å². The standard InChI is InChI=1S/C14H22N4/c1-11-10-18(9-8-15-11)14-7-6-13(16-17-14)12-4-2-3-5-12/h6-7,11-12,15H,2-5,8-10H2,1H3. The van der Waals surface area contributed by atoms with E-state index >= 15 is 0 Å². The molecule has 0 radical (unpaired) electrons. The van der Waals surface area contributed by atoms with Gasteiger partial charge in [-0.15, -0.1) is 5.10 Å². The van der Waals surface area contributed by atoms with Gasteiger partial charge in [-0.05, 0) is 31.9 Å². The molecule has 2 fully saturated rings. The zero-order valence-corrected chi connectivity index (χ0v) is 11.1. The Morgan fingerprint density at radius 2 is 2.06 bits per heavy atom. The third-order valence-electron chi connectivity index (χ3n) is 4.14. The molecule has 18 heavy (non-hydrogen) atoms. The smallest absolute Gasteiger partial charge is 0.151 e. The summed E-state index contributed by atoms with van der Waals surface area (Å²) in [6.07, 6.45) is 5.28. The van der Waals surface area contributed by atoms with Crippen molar-refractivity contribution in [2.24, 2.45) is 0 Å². The van der Waals surface area contributed by atoms with Crippen LogP contribution in [-0.2, 0) is 0 Å². The van der Waals surface area contributed by atoms with Gasteiger partial charge in [-0.3, -0.25) is 0 Å². The predicted molar refractivity (Wildman–Crippen MR) is 72.9 cm³/mol. The maximum Gasteiger partial charge on any atom is 0.151 e. The van der Waals surface area contributed by atoms with Crippen LogP contribution in [0.25, 0.3) is 0 Å². The Morgan fingerprint density at radius 3 is 2.72 bits per heavy atom. The third-order valence-corrected chi connectivity index (χ3v) is 4.14. The molecule has 1 N–H and O–H groups in total. The van der Waals surface area contributed by atoms with Crippen LogP contribution >= 0.6 is 0 Å². The van der Waals surface area contributed by atoms with Crippen molar-refractivity contribution in [1.82, 2.24) is 15.5 Å². The van der Waals surface area contributed by atoms with E-state index in [4.69, 9.17) is 0 Å². The highest BCUT2D eigenvalue weighted by Gasteiger charge is 2.20. The highest BCUT2D eigenvalue weighted by Crippen LogP contribution is 2.32. The molecule has 1 aromatic heterocycles. The maximum atomic E-state index is 4.45. The van der Waals surface area contributed by atoms with Crippen LogP contribution in [0.3, 0.4) is 0 Å². The van der Waals surface area contributed by atoms with E-state index in [0.717, 1.165) is 25.5 Å². The average Bonchev–Trinajstić information content (AvgIpc) is 2.93. The number of piperazine rings is 1. The number of nitrogens with zero attached hydrogens (tertiary/aromatic N) is 3. The summed E-state index contributed by atoms with van der Waals surface area (Å²) in [5.41, 5.74) is 1.19. The lowest BCUT2D eigenvalue weighted by molar-refractivity contribution is 0.481. The minimum atomic E-state index is 0.537. The molecule has 1 aliphatic heterocycles. The van der Waals surface area contributed by atoms with Crippen molar-refractivity contribution < 1.29 is 0 Å². The molecule has 98 valence electrons. The first-order valence-electron chi connectivity index (χ1n) is 7.15. The van der Waals surface area contributed by atoms with Crippen molar-refractivity contribution in [2.45, 2.75) is 44.6 Å². The highest BCUT2D eigenvalue weighted by molar-refractivity contribution is 5.38. The molecule has 0 amide bonds. The van der Waals surface area contributed by atoms with E-state index in [1.807, 2.05) is 0 Å². The van der Waals surface area contributed by atoms with E-state index in [-0.39, 0.29) is 0 Å². The predicted octanol–water partition coefficient (Wildman–Crippen LogP) is 1.93. The van der Waals surface area contributed by atoms with Crippen molar-refractivity contribution in [2.75, 3.05) is 24.5 Å². The van der Waals surface area contributed by atoms with E-state index in [9.17, 15) is 0 Å². The number of anilines is 1. The molecule has 4 nitrogen and oxygen atoms in total. The lowest BCUT2D eigenvalue weighted by Crippen LogP contribution is -2.49. The molecule has 2 aliphatic rings. The zero-order chi connectivity index (χ0) is 12.4. The van der Waals surface area contributed by atoms with Gasteiger partial charge >= 0.3 is 0 Å². The number of aromatic nitrogens is 2. The Bertz CT molecular complexity index is 383. The molecule has 0 bridgehead atoms. The van der Waals surface area contributed by atoms with E-state index in [1.165, 1.54) is 31.4 Å². The van der Waals surface area contributed by atoms with Crippen molar-refractivity contribution in [1.29, 1.82) is 0 Å². The van der Waals surface area contributed by atoms with Crippen molar-refractivity contribution >= 4 is 5.82 Å². The molecule has 1 saturated heterocycles. The van der Waals surface area contributed by atoms with Gasteiger partial charge in [0.25, 0.3) is 0 Å². The molecular weight excluding hydrogens is 224 g/mol. The summed E-state index contributed by atoms with van der Waals surface area (Å²) in [7, 11) is 0. The number of hydrogen-bond donors (Lipinski definition) is 1. The van der Waals surface area contributed by atoms with Gasteiger partial charge < -0.3 is 10.2 Å². The molecule has 2 heterocycles. The van der Waals surface area contributed by atoms with Crippen LogP contribution in [0.4, 0.5) is 5.82 Å². The van der Waals surface area contributed by atoms with E-state index in [0.29, 0.717) is 12.0 Å². The minimum Gasteiger partial charge on any atom is -0.352 e. The first kappa shape index (κ1) is 11.9. The van der Waals surface area contributed by atoms with Gasteiger partial charge in [0.2, 0.25) is 0 Å². The molecule has 1 aliphatic carbocycles. The van der Waals surface area contributed by atoms with Gasteiger partial charge in [0.1, 0.15) is 0 Å². The Morgan fingerprint density at radius 1 is 1.22 bits per heavy atom. The second kappa shape index (κ2) is 5.22. The van der Waals surface area contributed by atoms with Crippen LogP contribution in [0, 0.1) is 0 Å². The fourth-order valence-electron chi connectivity index (χ4n) is 3.08. The van der Waals surface area contributed by atoms with Crippen LogP contribution in [0.1, 0.15) is 44.2 Å². The Balaban J connectivity index is 1.70. The largest absolute Gasteiger partial charge is 0.352 e. The molecule has 3 rings (SSSR count). The third kappa shape index (κ3) is 2.48. The number of hydrogen-bond acceptors (Lipinski definition) is 4. The summed E-state index contributed by atoms with van der Waals surface area (Å²) >= 11 is 0. The molecule has 0 aromatic carbocycles. The lowest BCUT2D eigenvalue weighted by atomic mass is 10.0. The molecule has 1 atom stereocenters. The minimum absolute atomic E-state index is 0.537. The van der Waals surface area contributed by atoms with Crippen LogP contribution < -0.4 is 10.2 Å². The first-order chi connectivity index (χ1) is 8.83. The second-order valence-corrected chi connectivity index (χ2v) is 5.60. The molecule has 0 spiro atoms. The van der Waals surface area contributed by atoms with Crippen LogP contribution in [0.5, 0.6) is 0 Å². The first-order valence-corrected chi connectivity index (χ1v) is 7.15. The van der Waals surface area contributed by atoms with E-state index in [1.54, 1.807) is 0 Å². The van der Waals surface area contributed by atoms with Gasteiger partial charge in [0.05, 0.1) is 5.69 Å². The van der Waals surface area contributed by atoms with Gasteiger partial charge in [0.15, 0.2) is 5.82 Å². The van der Waals surface area contributed by atoms with Gasteiger partial charge in [-0.25, -0.2) is 0 Å². The maximum absolute atomic E-state index is 4.45. The fourth-order valence-corrected chi connectivity index (χ4v) is 3.08. The van der Waals surface area contributed by atoms with Crippen molar-refractivity contribution in [3.8, 4) is 0 Å². The highest BCUT2D eigenvalue weighted by atomic mass is 15.3. The summed E-state index contributed by atoms with van der Waals surface area (Å²) in [6.45, 7) is 5.30. The Kier molecular flexibility index (Phi) is 3.46. The molecule has 1 aromatic rings. The van der Waals surface area contributed by atoms with Crippen LogP contribution in [0.15, 0.2) is 12.1 Å². The number of nitrogens with one attached hydrogen (secondary N) is 1. The average molecular weight is 246 g/mol. The van der Waals surface area contributed by atoms with Crippen LogP contribution in [0.2, 0.25) is 0 Å². The van der Waals surface area contributed by atoms with E-state index < -0.39 is 0 Å².